The van der Waals surface area contributed by atoms with Gasteiger partial charge in [-0.2, -0.15) is 0 Å². The SMILES string of the molecule is CCCCOc1cccc(OC(=O)Nc2ccc3occ(C4CCN5CCCCC5C4)c3c2)c1.CCCOc1ccccc1OC(=O)Nc1ccc2[nH]cc(C3CCN4CCCC4C3)c2c1. The molecule has 4 aliphatic rings. The van der Waals surface area contributed by atoms with Crippen LogP contribution in [0.2, 0.25) is 0 Å². The van der Waals surface area contributed by atoms with Gasteiger partial charge in [-0.25, -0.2) is 9.59 Å². The van der Waals surface area contributed by atoms with Crippen LogP contribution in [0, 0.1) is 0 Å². The molecular weight excluding hydrogens is 831 g/mol. The van der Waals surface area contributed by atoms with Crippen LogP contribution in [0.1, 0.15) is 114 Å². The van der Waals surface area contributed by atoms with Crippen molar-refractivity contribution in [1.82, 2.24) is 14.8 Å². The number of H-pyrrole nitrogens is 1. The van der Waals surface area contributed by atoms with Crippen molar-refractivity contribution in [2.24, 2.45) is 0 Å². The molecule has 6 heterocycles. The zero-order valence-electron chi connectivity index (χ0n) is 38.5. The summed E-state index contributed by atoms with van der Waals surface area (Å²) in [7, 11) is 0. The third kappa shape index (κ3) is 11.0. The topological polar surface area (TPSA) is 131 Å². The lowest BCUT2D eigenvalue weighted by Crippen LogP contribution is -2.44. The minimum atomic E-state index is -0.523. The van der Waals surface area contributed by atoms with Crippen molar-refractivity contribution in [2.75, 3.05) is 50.0 Å². The second kappa shape index (κ2) is 21.5. The molecule has 12 nitrogen and oxygen atoms in total. The predicted octanol–water partition coefficient (Wildman–Crippen LogP) is 12.9. The van der Waals surface area contributed by atoms with Gasteiger partial charge in [0.2, 0.25) is 0 Å². The van der Waals surface area contributed by atoms with E-state index in [1.54, 1.807) is 18.2 Å². The molecule has 4 saturated heterocycles. The number of carbonyl (C=O) groups excluding carboxylic acids is 2. The van der Waals surface area contributed by atoms with Crippen LogP contribution < -0.4 is 29.6 Å². The van der Waals surface area contributed by atoms with Gasteiger partial charge in [-0.3, -0.25) is 10.6 Å². The van der Waals surface area contributed by atoms with E-state index >= 15 is 0 Å². The molecule has 4 atom stereocenters. The third-order valence-corrected chi connectivity index (χ3v) is 13.9. The lowest BCUT2D eigenvalue weighted by Gasteiger charge is -2.42. The number of para-hydroxylation sites is 2. The Morgan fingerprint density at radius 2 is 1.35 bits per heavy atom. The largest absolute Gasteiger partial charge is 0.493 e. The molecular formula is C54H65N5O7. The van der Waals surface area contributed by atoms with Gasteiger partial charge < -0.3 is 38.1 Å². The van der Waals surface area contributed by atoms with Gasteiger partial charge in [-0.1, -0.05) is 44.9 Å². The number of aromatic amines is 1. The van der Waals surface area contributed by atoms with Crippen LogP contribution in [-0.4, -0.2) is 78.4 Å². The monoisotopic (exact) mass is 895 g/mol. The number of nitrogens with one attached hydrogen (secondary N) is 3. The molecule has 2 amide bonds. The molecule has 12 heteroatoms. The molecule has 4 aliphatic heterocycles. The number of nitrogens with zero attached hydrogens (tertiary/aromatic N) is 2. The van der Waals surface area contributed by atoms with Crippen molar-refractivity contribution in [3.05, 3.63) is 109 Å². The summed E-state index contributed by atoms with van der Waals surface area (Å²) in [4.78, 5) is 33.9. The van der Waals surface area contributed by atoms with Gasteiger partial charge in [-0.15, -0.1) is 0 Å². The summed E-state index contributed by atoms with van der Waals surface area (Å²) < 4.78 is 28.3. The summed E-state index contributed by atoms with van der Waals surface area (Å²) in [5.74, 6) is 3.21. The van der Waals surface area contributed by atoms with Crippen LogP contribution in [0.3, 0.4) is 0 Å². The summed E-state index contributed by atoms with van der Waals surface area (Å²) >= 11 is 0. The number of hydrogen-bond acceptors (Lipinski definition) is 9. The molecule has 0 saturated carbocycles. The normalized spacial score (nSPS) is 20.7. The number of piperidine rings is 3. The average Bonchev–Trinajstić information content (AvgIpc) is 4.10. The lowest BCUT2D eigenvalue weighted by atomic mass is 9.82. The van der Waals surface area contributed by atoms with Crippen molar-refractivity contribution in [3.63, 3.8) is 0 Å². The number of benzene rings is 4. The Morgan fingerprint density at radius 1 is 0.652 bits per heavy atom. The molecule has 4 fully saturated rings. The van der Waals surface area contributed by atoms with Crippen molar-refractivity contribution >= 4 is 45.4 Å². The summed E-state index contributed by atoms with van der Waals surface area (Å²) in [5, 5.41) is 8.02. The molecule has 6 aromatic rings. The Morgan fingerprint density at radius 3 is 2.14 bits per heavy atom. The zero-order valence-corrected chi connectivity index (χ0v) is 38.5. The zero-order chi connectivity index (χ0) is 45.2. The second-order valence-corrected chi connectivity index (χ2v) is 18.4. The number of unbranched alkanes of at least 4 members (excludes halogenated alkanes) is 1. The van der Waals surface area contributed by atoms with Gasteiger partial charge in [0.25, 0.3) is 0 Å². The highest BCUT2D eigenvalue weighted by Gasteiger charge is 2.34. The number of carbonyl (C=O) groups is 2. The fraction of sp³-hybridized carbons (Fsp3) is 0.444. The first-order valence-corrected chi connectivity index (χ1v) is 24.4. The molecule has 10 rings (SSSR count). The summed E-state index contributed by atoms with van der Waals surface area (Å²) in [6.45, 7) is 10.2. The maximum Gasteiger partial charge on any atom is 0.417 e. The molecule has 0 radical (unpaired) electrons. The van der Waals surface area contributed by atoms with Crippen molar-refractivity contribution in [3.8, 4) is 23.0 Å². The molecule has 4 aromatic carbocycles. The van der Waals surface area contributed by atoms with Gasteiger partial charge in [0.05, 0.1) is 19.5 Å². The second-order valence-electron chi connectivity index (χ2n) is 18.4. The number of hydrogen-bond donors (Lipinski definition) is 3. The first-order chi connectivity index (χ1) is 32.4. The Balaban J connectivity index is 0.000000166. The number of amides is 2. The van der Waals surface area contributed by atoms with Crippen LogP contribution in [0.4, 0.5) is 21.0 Å². The fourth-order valence-electron chi connectivity index (χ4n) is 10.5. The smallest absolute Gasteiger partial charge is 0.417 e. The standard InChI is InChI=1S/C28H34N2O4.C26H31N3O3/c1-2-3-15-32-23-8-6-9-24(18-23)34-28(31)29-21-10-11-27-25(17-21)26(19-33-27)20-12-14-30-13-5-4-7-22(30)16-20;1-2-14-31-24-7-3-4-8-25(24)32-26(30)28-19-9-10-23-21(16-19)22(17-27-23)18-11-13-29-12-5-6-20(29)15-18/h6,8-11,17-20,22H,2-5,7,12-16H2,1H3,(H,29,31);3-4,7-10,16-18,20,27H,2,5-6,11-15H2,1H3,(H,28,30). The molecule has 348 valence electrons. The fourth-order valence-corrected chi connectivity index (χ4v) is 10.5. The number of aromatic nitrogens is 1. The van der Waals surface area contributed by atoms with Crippen molar-refractivity contribution < 1.29 is 33.0 Å². The average molecular weight is 896 g/mol. The van der Waals surface area contributed by atoms with E-state index in [0.29, 0.717) is 59.8 Å². The number of fused-ring (bicyclic) bond motifs is 4. The van der Waals surface area contributed by atoms with E-state index in [-0.39, 0.29) is 0 Å². The van der Waals surface area contributed by atoms with Gasteiger partial charge >= 0.3 is 12.2 Å². The van der Waals surface area contributed by atoms with E-state index in [9.17, 15) is 9.59 Å². The Bertz CT molecular complexity index is 2570. The van der Waals surface area contributed by atoms with E-state index in [1.807, 2.05) is 73.9 Å². The molecule has 66 heavy (non-hydrogen) atoms. The van der Waals surface area contributed by atoms with Crippen LogP contribution in [-0.2, 0) is 0 Å². The Hall–Kier alpha value is -5.98. The van der Waals surface area contributed by atoms with E-state index < -0.39 is 12.2 Å². The maximum atomic E-state index is 12.6. The summed E-state index contributed by atoms with van der Waals surface area (Å²) in [6.07, 6.45) is 17.4. The molecule has 2 aromatic heterocycles. The van der Waals surface area contributed by atoms with E-state index in [1.165, 1.54) is 87.5 Å². The lowest BCUT2D eigenvalue weighted by molar-refractivity contribution is 0.0975. The minimum Gasteiger partial charge on any atom is -0.493 e. The predicted molar refractivity (Wildman–Crippen MR) is 261 cm³/mol. The van der Waals surface area contributed by atoms with E-state index in [2.05, 4.69) is 44.6 Å². The highest BCUT2D eigenvalue weighted by molar-refractivity contribution is 5.93. The van der Waals surface area contributed by atoms with Crippen LogP contribution in [0.15, 0.2) is 102 Å². The van der Waals surface area contributed by atoms with Crippen LogP contribution >= 0.6 is 0 Å². The number of rotatable bonds is 13. The molecule has 4 unspecified atom stereocenters. The summed E-state index contributed by atoms with van der Waals surface area (Å²) in [6, 6.07) is 27.6. The van der Waals surface area contributed by atoms with Crippen LogP contribution in [0.5, 0.6) is 23.0 Å². The maximum absolute atomic E-state index is 12.6. The van der Waals surface area contributed by atoms with Gasteiger partial charge in [0, 0.05) is 57.6 Å². The number of ether oxygens (including phenoxy) is 4. The highest BCUT2D eigenvalue weighted by atomic mass is 16.6. The minimum absolute atomic E-state index is 0.421. The Labute approximate surface area is 388 Å². The first-order valence-electron chi connectivity index (χ1n) is 24.4. The van der Waals surface area contributed by atoms with Gasteiger partial charge in [0.1, 0.15) is 17.1 Å². The van der Waals surface area contributed by atoms with E-state index in [0.717, 1.165) is 60.4 Å². The van der Waals surface area contributed by atoms with Gasteiger partial charge in [-0.05, 0) is 168 Å². The number of furan rings is 1. The third-order valence-electron chi connectivity index (χ3n) is 13.9. The molecule has 0 aliphatic carbocycles. The van der Waals surface area contributed by atoms with Crippen molar-refractivity contribution in [1.29, 1.82) is 0 Å². The van der Waals surface area contributed by atoms with Crippen molar-refractivity contribution in [2.45, 2.75) is 115 Å². The molecule has 0 bridgehead atoms. The summed E-state index contributed by atoms with van der Waals surface area (Å²) in [5.41, 5.74) is 6.01. The highest BCUT2D eigenvalue weighted by Crippen LogP contribution is 2.41. The molecule has 0 spiro atoms. The molecule has 3 N–H and O–H groups in total. The van der Waals surface area contributed by atoms with Gasteiger partial charge in [0.15, 0.2) is 11.5 Å². The quantitative estimate of drug-likeness (QED) is 0.0970. The number of anilines is 2. The van der Waals surface area contributed by atoms with Crippen LogP contribution in [0.25, 0.3) is 21.9 Å². The van der Waals surface area contributed by atoms with E-state index in [4.69, 9.17) is 23.4 Å². The first kappa shape index (κ1) is 45.2. The Kier molecular flexibility index (Phi) is 14.8.